The largest absolute Gasteiger partial charge is 0.466 e. The van der Waals surface area contributed by atoms with E-state index in [9.17, 15) is 19.8 Å². The molecule has 0 aromatic carbocycles. The summed E-state index contributed by atoms with van der Waals surface area (Å²) in [5.41, 5.74) is 0. The van der Waals surface area contributed by atoms with Crippen LogP contribution in [0.25, 0.3) is 0 Å². The average molecular weight is 1140 g/mol. The molecule has 0 radical (unpaired) electrons. The molecule has 0 spiro atoms. The zero-order chi connectivity index (χ0) is 58.5. The van der Waals surface area contributed by atoms with Gasteiger partial charge in [-0.05, 0) is 32.1 Å². The van der Waals surface area contributed by atoms with Crippen molar-refractivity contribution in [3.05, 3.63) is 12.2 Å². The molecule has 6 nitrogen and oxygen atoms in total. The Morgan fingerprint density at radius 3 is 0.840 bits per heavy atom. The molecule has 1 amide bonds. The van der Waals surface area contributed by atoms with Gasteiger partial charge in [0.25, 0.3) is 0 Å². The highest BCUT2D eigenvalue weighted by molar-refractivity contribution is 5.76. The van der Waals surface area contributed by atoms with Gasteiger partial charge in [0.05, 0.1) is 25.4 Å². The minimum absolute atomic E-state index is 0.0270. The fourth-order valence-electron chi connectivity index (χ4n) is 12.1. The molecule has 2 atom stereocenters. The maximum Gasteiger partial charge on any atom is 0.305 e. The summed E-state index contributed by atoms with van der Waals surface area (Å²) < 4.78 is 5.51. The highest BCUT2D eigenvalue weighted by Crippen LogP contribution is 2.20. The molecule has 0 heterocycles. The van der Waals surface area contributed by atoms with Gasteiger partial charge in [-0.1, -0.05) is 398 Å². The van der Waals surface area contributed by atoms with Crippen molar-refractivity contribution < 1.29 is 24.5 Å². The minimum atomic E-state index is -0.838. The van der Waals surface area contributed by atoms with Gasteiger partial charge in [0.1, 0.15) is 0 Å². The van der Waals surface area contributed by atoms with Gasteiger partial charge in [-0.15, -0.1) is 0 Å². The molecule has 0 aromatic heterocycles. The summed E-state index contributed by atoms with van der Waals surface area (Å²) in [5.74, 6) is -0.0336. The summed E-state index contributed by atoms with van der Waals surface area (Å²) in [5, 5.41) is 23.1. The maximum atomic E-state index is 12.5. The number of hydrogen-bond donors (Lipinski definition) is 3. The lowest BCUT2D eigenvalue weighted by molar-refractivity contribution is -0.143. The summed E-state index contributed by atoms with van der Waals surface area (Å²) in [6, 6.07) is -0.621. The molecular weight excluding hydrogens is 995 g/mol. The number of carbonyl (C=O) groups is 2. The molecule has 3 N–H and O–H groups in total. The molecule has 0 saturated carbocycles. The van der Waals surface area contributed by atoms with E-state index in [2.05, 4.69) is 19.2 Å². The Balaban J connectivity index is 3.28. The van der Waals surface area contributed by atoms with E-state index in [1.54, 1.807) is 6.08 Å². The number of aliphatic hydroxyl groups excluding tert-OH is 2. The maximum absolute atomic E-state index is 12.5. The SMILES string of the molecule is CCCCCCCCCCCC/C=C/C(O)C(CO)NC(=O)CCCCCCCCCCCCCCCCCCCCCCCCCCCCCCCCCCCCCCCOC(=O)CCCCCCCCCCCCCCCCC. The van der Waals surface area contributed by atoms with Crippen LogP contribution in [0.5, 0.6) is 0 Å². The fraction of sp³-hybridized carbons (Fsp3) is 0.947. The first-order chi connectivity index (χ1) is 40.0. The molecule has 0 saturated heterocycles. The van der Waals surface area contributed by atoms with Crippen LogP contribution >= 0.6 is 0 Å². The number of nitrogens with one attached hydrogen (secondary N) is 1. The Morgan fingerprint density at radius 2 is 0.568 bits per heavy atom. The molecule has 6 heteroatoms. The predicted octanol–water partition coefficient (Wildman–Crippen LogP) is 24.3. The first-order valence-corrected chi connectivity index (χ1v) is 37.5. The number of esters is 1. The monoisotopic (exact) mass is 1140 g/mol. The fourth-order valence-corrected chi connectivity index (χ4v) is 12.1. The van der Waals surface area contributed by atoms with Crippen LogP contribution in [0.3, 0.4) is 0 Å². The van der Waals surface area contributed by atoms with Gasteiger partial charge in [0.15, 0.2) is 0 Å². The van der Waals surface area contributed by atoms with Crippen LogP contribution in [0.4, 0.5) is 0 Å². The predicted molar refractivity (Wildman–Crippen MR) is 357 cm³/mol. The molecule has 482 valence electrons. The molecule has 81 heavy (non-hydrogen) atoms. The standard InChI is InChI=1S/C75H147NO5/c1-3-5-7-9-11-13-15-17-41-45-49-53-57-61-65-69-75(80)81-70-66-62-58-54-50-46-43-40-38-36-34-32-30-28-26-24-22-20-18-19-21-23-25-27-29-31-33-35-37-39-42-44-48-52-56-60-64-68-74(79)76-72(71-77)73(78)67-63-59-55-51-47-16-14-12-10-8-6-4-2/h63,67,72-73,77-78H,3-62,64-66,68-71H2,1-2H3,(H,76,79)/b67-63+. The molecule has 0 aliphatic carbocycles. The van der Waals surface area contributed by atoms with E-state index < -0.39 is 12.1 Å². The molecule has 0 rings (SSSR count). The summed E-state index contributed by atoms with van der Waals surface area (Å²) in [6.07, 6.45) is 89.1. The number of allylic oxidation sites excluding steroid dienone is 1. The summed E-state index contributed by atoms with van der Waals surface area (Å²) in [4.78, 5) is 24.5. The van der Waals surface area contributed by atoms with E-state index in [4.69, 9.17) is 4.74 Å². The third-order valence-corrected chi connectivity index (χ3v) is 17.8. The number of hydrogen-bond acceptors (Lipinski definition) is 5. The second-order valence-corrected chi connectivity index (χ2v) is 26.0. The average Bonchev–Trinajstić information content (AvgIpc) is 3.47. The molecular formula is C75H147NO5. The van der Waals surface area contributed by atoms with Crippen LogP contribution in [0, 0.1) is 0 Å². The van der Waals surface area contributed by atoms with Crippen molar-refractivity contribution in [3.8, 4) is 0 Å². The van der Waals surface area contributed by atoms with Crippen LogP contribution in [0.2, 0.25) is 0 Å². The van der Waals surface area contributed by atoms with E-state index in [-0.39, 0.29) is 18.5 Å². The number of rotatable bonds is 71. The zero-order valence-electron chi connectivity index (χ0n) is 55.3. The van der Waals surface area contributed by atoms with Crippen molar-refractivity contribution in [1.29, 1.82) is 0 Å². The van der Waals surface area contributed by atoms with Crippen LogP contribution in [-0.2, 0) is 14.3 Å². The van der Waals surface area contributed by atoms with Crippen molar-refractivity contribution in [1.82, 2.24) is 5.32 Å². The van der Waals surface area contributed by atoms with Crippen molar-refractivity contribution in [2.24, 2.45) is 0 Å². The van der Waals surface area contributed by atoms with Crippen molar-refractivity contribution in [2.45, 2.75) is 443 Å². The Hall–Kier alpha value is -1.40. The summed E-state index contributed by atoms with van der Waals surface area (Å²) in [7, 11) is 0. The first-order valence-electron chi connectivity index (χ1n) is 37.5. The van der Waals surface area contributed by atoms with Crippen molar-refractivity contribution in [2.75, 3.05) is 13.2 Å². The van der Waals surface area contributed by atoms with E-state index in [1.807, 2.05) is 6.08 Å². The molecule has 0 aliphatic heterocycles. The smallest absolute Gasteiger partial charge is 0.305 e. The normalized spacial score (nSPS) is 12.5. The Labute approximate surface area is 508 Å². The van der Waals surface area contributed by atoms with Gasteiger partial charge in [-0.2, -0.15) is 0 Å². The van der Waals surface area contributed by atoms with Gasteiger partial charge in [-0.25, -0.2) is 0 Å². The molecule has 0 fully saturated rings. The Kier molecular flexibility index (Phi) is 69.9. The van der Waals surface area contributed by atoms with E-state index in [1.165, 1.54) is 366 Å². The molecule has 0 aliphatic rings. The van der Waals surface area contributed by atoms with E-state index >= 15 is 0 Å². The first kappa shape index (κ1) is 79.6. The Morgan fingerprint density at radius 1 is 0.333 bits per heavy atom. The lowest BCUT2D eigenvalue weighted by Gasteiger charge is -2.20. The number of amides is 1. The minimum Gasteiger partial charge on any atom is -0.466 e. The zero-order valence-corrected chi connectivity index (χ0v) is 55.3. The number of ether oxygens (including phenoxy) is 1. The van der Waals surface area contributed by atoms with Gasteiger partial charge < -0.3 is 20.3 Å². The van der Waals surface area contributed by atoms with Gasteiger partial charge in [0, 0.05) is 12.8 Å². The number of unbranched alkanes of at least 4 members (excludes halogenated alkanes) is 60. The lowest BCUT2D eigenvalue weighted by atomic mass is 10.0. The highest BCUT2D eigenvalue weighted by atomic mass is 16.5. The number of carbonyl (C=O) groups excluding carboxylic acids is 2. The van der Waals surface area contributed by atoms with Gasteiger partial charge >= 0.3 is 5.97 Å². The second-order valence-electron chi connectivity index (χ2n) is 26.0. The molecule has 0 aromatic rings. The quantitative estimate of drug-likeness (QED) is 0.0320. The van der Waals surface area contributed by atoms with Crippen LogP contribution in [0.1, 0.15) is 431 Å². The lowest BCUT2D eigenvalue weighted by Crippen LogP contribution is -2.45. The van der Waals surface area contributed by atoms with Crippen molar-refractivity contribution in [3.63, 3.8) is 0 Å². The van der Waals surface area contributed by atoms with E-state index in [0.29, 0.717) is 19.4 Å². The summed E-state index contributed by atoms with van der Waals surface area (Å²) >= 11 is 0. The van der Waals surface area contributed by atoms with Crippen molar-refractivity contribution >= 4 is 11.9 Å². The van der Waals surface area contributed by atoms with E-state index in [0.717, 1.165) is 38.5 Å². The summed E-state index contributed by atoms with van der Waals surface area (Å²) in [6.45, 7) is 4.94. The van der Waals surface area contributed by atoms with Gasteiger partial charge in [0.2, 0.25) is 5.91 Å². The topological polar surface area (TPSA) is 95.9 Å². The highest BCUT2D eigenvalue weighted by Gasteiger charge is 2.18. The third kappa shape index (κ3) is 67.6. The van der Waals surface area contributed by atoms with Crippen LogP contribution < -0.4 is 5.32 Å². The Bertz CT molecular complexity index is 1220. The van der Waals surface area contributed by atoms with Gasteiger partial charge in [-0.3, -0.25) is 9.59 Å². The van der Waals surface area contributed by atoms with Crippen LogP contribution in [0.15, 0.2) is 12.2 Å². The molecule has 2 unspecified atom stereocenters. The molecule has 0 bridgehead atoms. The second kappa shape index (κ2) is 71.1. The van der Waals surface area contributed by atoms with Crippen LogP contribution in [-0.4, -0.2) is 47.4 Å². The number of aliphatic hydroxyl groups is 2. The third-order valence-electron chi connectivity index (χ3n) is 17.8.